The number of nitrogens with two attached hydrogens (primary N) is 1. The zero-order chi connectivity index (χ0) is 11.8. The van der Waals surface area contributed by atoms with Gasteiger partial charge in [-0.2, -0.15) is 0 Å². The lowest BCUT2D eigenvalue weighted by Gasteiger charge is -2.24. The third-order valence-corrected chi connectivity index (χ3v) is 2.73. The number of hydrogen-bond donors (Lipinski definition) is 1. The summed E-state index contributed by atoms with van der Waals surface area (Å²) in [6.45, 7) is 12.0. The van der Waals surface area contributed by atoms with Gasteiger partial charge in [-0.25, -0.2) is 0 Å². The van der Waals surface area contributed by atoms with E-state index in [1.54, 1.807) is 0 Å². The van der Waals surface area contributed by atoms with Crippen LogP contribution in [0.4, 0.5) is 0 Å². The maximum absolute atomic E-state index is 5.59. The summed E-state index contributed by atoms with van der Waals surface area (Å²) >= 11 is 4.96. The number of rotatable bonds is 8. The fourth-order valence-corrected chi connectivity index (χ4v) is 1.35. The fraction of sp³-hybridized carbons (Fsp3) is 0.909. The Morgan fingerprint density at radius 2 is 2.00 bits per heavy atom. The Balaban J connectivity index is 3.77. The van der Waals surface area contributed by atoms with Gasteiger partial charge >= 0.3 is 0 Å². The maximum Gasteiger partial charge on any atom is 0.0768 e. The van der Waals surface area contributed by atoms with Crippen molar-refractivity contribution < 1.29 is 4.74 Å². The van der Waals surface area contributed by atoms with Gasteiger partial charge in [-0.1, -0.05) is 26.1 Å². The SMILES string of the molecule is CCN(CCOC(C)C)CC(C)C(N)=S. The Hall–Kier alpha value is -0.190. The molecule has 0 rings (SSSR count). The first kappa shape index (κ1) is 14.8. The van der Waals surface area contributed by atoms with E-state index >= 15 is 0 Å². The Kier molecular flexibility index (Phi) is 7.92. The molecule has 0 saturated carbocycles. The normalized spacial score (nSPS) is 13.5. The molecule has 0 aliphatic heterocycles. The largest absolute Gasteiger partial charge is 0.393 e. The van der Waals surface area contributed by atoms with Crippen LogP contribution in [0.1, 0.15) is 27.7 Å². The topological polar surface area (TPSA) is 38.5 Å². The van der Waals surface area contributed by atoms with E-state index in [9.17, 15) is 0 Å². The molecule has 0 saturated heterocycles. The molecule has 90 valence electrons. The molecule has 0 aromatic heterocycles. The summed E-state index contributed by atoms with van der Waals surface area (Å²) < 4.78 is 5.51. The molecular weight excluding hydrogens is 208 g/mol. The zero-order valence-electron chi connectivity index (χ0n) is 10.3. The monoisotopic (exact) mass is 232 g/mol. The first-order valence-corrected chi connectivity index (χ1v) is 6.01. The summed E-state index contributed by atoms with van der Waals surface area (Å²) in [6.07, 6.45) is 0.303. The minimum Gasteiger partial charge on any atom is -0.393 e. The molecular formula is C11H24N2OS. The molecule has 1 atom stereocenters. The lowest BCUT2D eigenvalue weighted by molar-refractivity contribution is 0.0589. The van der Waals surface area contributed by atoms with E-state index in [-0.39, 0.29) is 5.92 Å². The molecule has 0 fully saturated rings. The van der Waals surface area contributed by atoms with Crippen LogP contribution in [-0.2, 0) is 4.74 Å². The van der Waals surface area contributed by atoms with Crippen molar-refractivity contribution in [3.05, 3.63) is 0 Å². The van der Waals surface area contributed by atoms with Gasteiger partial charge in [0.1, 0.15) is 0 Å². The molecule has 0 radical (unpaired) electrons. The van der Waals surface area contributed by atoms with Gasteiger partial charge in [0, 0.05) is 19.0 Å². The van der Waals surface area contributed by atoms with Gasteiger partial charge in [0.2, 0.25) is 0 Å². The van der Waals surface area contributed by atoms with E-state index in [1.807, 2.05) is 13.8 Å². The Bertz CT molecular complexity index is 185. The number of hydrogen-bond acceptors (Lipinski definition) is 3. The van der Waals surface area contributed by atoms with Crippen LogP contribution in [0.3, 0.4) is 0 Å². The molecule has 0 aromatic rings. The lowest BCUT2D eigenvalue weighted by Crippen LogP contribution is -2.36. The van der Waals surface area contributed by atoms with Gasteiger partial charge in [-0.15, -0.1) is 0 Å². The Morgan fingerprint density at radius 1 is 1.40 bits per heavy atom. The molecule has 0 aliphatic rings. The van der Waals surface area contributed by atoms with Crippen molar-refractivity contribution in [2.75, 3.05) is 26.2 Å². The van der Waals surface area contributed by atoms with Crippen LogP contribution in [0.25, 0.3) is 0 Å². The van der Waals surface area contributed by atoms with Crippen molar-refractivity contribution >= 4 is 17.2 Å². The van der Waals surface area contributed by atoms with Crippen LogP contribution in [-0.4, -0.2) is 42.2 Å². The predicted octanol–water partition coefficient (Wildman–Crippen LogP) is 1.66. The van der Waals surface area contributed by atoms with Gasteiger partial charge in [0.05, 0.1) is 17.7 Å². The molecule has 0 aromatic carbocycles. The van der Waals surface area contributed by atoms with Gasteiger partial charge in [0.15, 0.2) is 0 Å². The van der Waals surface area contributed by atoms with Crippen molar-refractivity contribution in [1.82, 2.24) is 4.90 Å². The smallest absolute Gasteiger partial charge is 0.0768 e. The summed E-state index contributed by atoms with van der Waals surface area (Å²) in [6, 6.07) is 0. The number of nitrogens with zero attached hydrogens (tertiary/aromatic N) is 1. The van der Waals surface area contributed by atoms with Crippen molar-refractivity contribution in [2.45, 2.75) is 33.8 Å². The van der Waals surface area contributed by atoms with Crippen LogP contribution in [0, 0.1) is 5.92 Å². The summed E-state index contributed by atoms with van der Waals surface area (Å²) in [5.41, 5.74) is 5.59. The minimum absolute atomic E-state index is 0.277. The highest BCUT2D eigenvalue weighted by molar-refractivity contribution is 7.80. The first-order chi connectivity index (χ1) is 6.97. The number of thiocarbonyl (C=S) groups is 1. The highest BCUT2D eigenvalue weighted by Crippen LogP contribution is 2.00. The second kappa shape index (κ2) is 8.02. The van der Waals surface area contributed by atoms with Crippen molar-refractivity contribution in [1.29, 1.82) is 0 Å². The van der Waals surface area contributed by atoms with Gasteiger partial charge < -0.3 is 15.4 Å². The molecule has 3 nitrogen and oxygen atoms in total. The highest BCUT2D eigenvalue weighted by atomic mass is 32.1. The molecule has 4 heteroatoms. The number of ether oxygens (including phenoxy) is 1. The summed E-state index contributed by atoms with van der Waals surface area (Å²) in [7, 11) is 0. The second-order valence-corrected chi connectivity index (χ2v) is 4.59. The summed E-state index contributed by atoms with van der Waals surface area (Å²) in [4.78, 5) is 2.91. The maximum atomic E-state index is 5.59. The fourth-order valence-electron chi connectivity index (χ4n) is 1.27. The summed E-state index contributed by atoms with van der Waals surface area (Å²) in [5.74, 6) is 0.277. The number of likely N-dealkylation sites (N-methyl/N-ethyl adjacent to an activating group) is 1. The van der Waals surface area contributed by atoms with Crippen LogP contribution in [0.2, 0.25) is 0 Å². The highest BCUT2D eigenvalue weighted by Gasteiger charge is 2.10. The van der Waals surface area contributed by atoms with Crippen LogP contribution < -0.4 is 5.73 Å². The Labute approximate surface area is 99.0 Å². The van der Waals surface area contributed by atoms with E-state index in [1.165, 1.54) is 0 Å². The van der Waals surface area contributed by atoms with Crippen molar-refractivity contribution in [3.8, 4) is 0 Å². The van der Waals surface area contributed by atoms with E-state index in [0.717, 1.165) is 26.2 Å². The second-order valence-electron chi connectivity index (χ2n) is 4.12. The van der Waals surface area contributed by atoms with E-state index in [0.29, 0.717) is 11.1 Å². The third-order valence-electron chi connectivity index (χ3n) is 2.32. The lowest BCUT2D eigenvalue weighted by atomic mass is 10.1. The van der Waals surface area contributed by atoms with Crippen molar-refractivity contribution in [2.24, 2.45) is 11.7 Å². The standard InChI is InChI=1S/C11H24N2OS/c1-5-13(6-7-14-9(2)3)8-10(4)11(12)15/h9-10H,5-8H2,1-4H3,(H2,12,15). The molecule has 0 amide bonds. The summed E-state index contributed by atoms with van der Waals surface area (Å²) in [5, 5.41) is 0. The van der Waals surface area contributed by atoms with Gasteiger partial charge in [-0.05, 0) is 20.4 Å². The average molecular weight is 232 g/mol. The zero-order valence-corrected chi connectivity index (χ0v) is 11.1. The minimum atomic E-state index is 0.277. The molecule has 1 unspecified atom stereocenters. The molecule has 0 aliphatic carbocycles. The Morgan fingerprint density at radius 3 is 2.40 bits per heavy atom. The molecule has 2 N–H and O–H groups in total. The molecule has 0 spiro atoms. The van der Waals surface area contributed by atoms with Crippen LogP contribution >= 0.6 is 12.2 Å². The first-order valence-electron chi connectivity index (χ1n) is 5.60. The van der Waals surface area contributed by atoms with Crippen LogP contribution in [0.15, 0.2) is 0 Å². The molecule has 0 heterocycles. The van der Waals surface area contributed by atoms with E-state index < -0.39 is 0 Å². The van der Waals surface area contributed by atoms with Crippen LogP contribution in [0.5, 0.6) is 0 Å². The van der Waals surface area contributed by atoms with E-state index in [2.05, 4.69) is 18.7 Å². The average Bonchev–Trinajstić information content (AvgIpc) is 2.15. The quantitative estimate of drug-likeness (QED) is 0.646. The van der Waals surface area contributed by atoms with Gasteiger partial charge in [0.25, 0.3) is 0 Å². The molecule has 15 heavy (non-hydrogen) atoms. The molecule has 0 bridgehead atoms. The van der Waals surface area contributed by atoms with E-state index in [4.69, 9.17) is 22.7 Å². The van der Waals surface area contributed by atoms with Crippen molar-refractivity contribution in [3.63, 3.8) is 0 Å². The third kappa shape index (κ3) is 7.71. The predicted molar refractivity (Wildman–Crippen MR) is 69.2 cm³/mol. The van der Waals surface area contributed by atoms with Gasteiger partial charge in [-0.3, -0.25) is 0 Å².